The molecule has 0 saturated heterocycles. The minimum absolute atomic E-state index is 0.00489. The standard InChI is InChI=1S/C15H15N3O2/c19-9-10-3-1-4-11(7-10)17-15-16-8-12-13(18-15)5-2-6-14(12)20/h1,3-4,7-8,19H,2,5-6,9H2,(H,16,17,18). The molecule has 5 heteroatoms. The summed E-state index contributed by atoms with van der Waals surface area (Å²) in [5.41, 5.74) is 3.10. The van der Waals surface area contributed by atoms with Crippen LogP contribution in [0.25, 0.3) is 0 Å². The van der Waals surface area contributed by atoms with E-state index in [1.54, 1.807) is 6.20 Å². The van der Waals surface area contributed by atoms with Crippen LogP contribution in [0.1, 0.15) is 34.5 Å². The summed E-state index contributed by atoms with van der Waals surface area (Å²) in [6, 6.07) is 7.43. The van der Waals surface area contributed by atoms with Gasteiger partial charge in [-0.1, -0.05) is 12.1 Å². The molecular weight excluding hydrogens is 254 g/mol. The van der Waals surface area contributed by atoms with Gasteiger partial charge in [0.05, 0.1) is 17.9 Å². The Balaban J connectivity index is 1.86. The molecule has 1 aliphatic carbocycles. The number of Topliss-reactive ketones (excluding diaryl/α,β-unsaturated/α-hetero) is 1. The Morgan fingerprint density at radius 2 is 2.20 bits per heavy atom. The number of nitrogens with zero attached hydrogens (tertiary/aromatic N) is 2. The van der Waals surface area contributed by atoms with E-state index in [1.807, 2.05) is 24.3 Å². The quantitative estimate of drug-likeness (QED) is 0.893. The molecule has 20 heavy (non-hydrogen) atoms. The molecule has 1 aliphatic rings. The van der Waals surface area contributed by atoms with Crippen molar-refractivity contribution < 1.29 is 9.90 Å². The van der Waals surface area contributed by atoms with Gasteiger partial charge in [0.1, 0.15) is 0 Å². The monoisotopic (exact) mass is 269 g/mol. The summed E-state index contributed by atoms with van der Waals surface area (Å²) in [7, 11) is 0. The summed E-state index contributed by atoms with van der Waals surface area (Å²) < 4.78 is 0. The number of fused-ring (bicyclic) bond motifs is 1. The number of anilines is 2. The van der Waals surface area contributed by atoms with Gasteiger partial charge in [-0.2, -0.15) is 0 Å². The van der Waals surface area contributed by atoms with E-state index in [0.29, 0.717) is 17.9 Å². The second-order valence-electron chi connectivity index (χ2n) is 4.81. The first-order chi connectivity index (χ1) is 9.76. The topological polar surface area (TPSA) is 75.1 Å². The molecular formula is C15H15N3O2. The summed E-state index contributed by atoms with van der Waals surface area (Å²) in [4.78, 5) is 20.3. The van der Waals surface area contributed by atoms with Crippen LogP contribution in [0.4, 0.5) is 11.6 Å². The third kappa shape index (κ3) is 2.53. The third-order valence-corrected chi connectivity index (χ3v) is 3.35. The molecule has 5 nitrogen and oxygen atoms in total. The molecule has 0 unspecified atom stereocenters. The van der Waals surface area contributed by atoms with Crippen molar-refractivity contribution in [3.8, 4) is 0 Å². The summed E-state index contributed by atoms with van der Waals surface area (Å²) >= 11 is 0. The van der Waals surface area contributed by atoms with Gasteiger partial charge in [0.15, 0.2) is 5.78 Å². The fourth-order valence-electron chi connectivity index (χ4n) is 2.33. The lowest BCUT2D eigenvalue weighted by atomic mass is 9.96. The molecule has 2 N–H and O–H groups in total. The zero-order chi connectivity index (χ0) is 13.9. The molecule has 0 aliphatic heterocycles. The van der Waals surface area contributed by atoms with E-state index >= 15 is 0 Å². The van der Waals surface area contributed by atoms with Crippen molar-refractivity contribution in [1.82, 2.24) is 9.97 Å². The maximum Gasteiger partial charge on any atom is 0.227 e. The Morgan fingerprint density at radius 3 is 3.05 bits per heavy atom. The minimum Gasteiger partial charge on any atom is -0.392 e. The van der Waals surface area contributed by atoms with Crippen molar-refractivity contribution >= 4 is 17.4 Å². The molecule has 0 bridgehead atoms. The number of ketones is 1. The van der Waals surface area contributed by atoms with Crippen molar-refractivity contribution in [2.24, 2.45) is 0 Å². The minimum atomic E-state index is -0.00489. The maximum atomic E-state index is 11.7. The van der Waals surface area contributed by atoms with Crippen LogP contribution < -0.4 is 5.32 Å². The third-order valence-electron chi connectivity index (χ3n) is 3.35. The van der Waals surface area contributed by atoms with Gasteiger partial charge in [0.25, 0.3) is 0 Å². The number of benzene rings is 1. The maximum absolute atomic E-state index is 11.7. The van der Waals surface area contributed by atoms with Crippen LogP contribution in [0.15, 0.2) is 30.5 Å². The SMILES string of the molecule is O=C1CCCc2nc(Nc3cccc(CO)c3)ncc21. The highest BCUT2D eigenvalue weighted by atomic mass is 16.3. The molecule has 3 rings (SSSR count). The van der Waals surface area contributed by atoms with Crippen LogP contribution in [0.5, 0.6) is 0 Å². The normalized spacial score (nSPS) is 13.9. The summed E-state index contributed by atoms with van der Waals surface area (Å²) in [6.45, 7) is -0.00489. The van der Waals surface area contributed by atoms with E-state index < -0.39 is 0 Å². The lowest BCUT2D eigenvalue weighted by Gasteiger charge is -2.14. The predicted octanol–water partition coefficient (Wildman–Crippen LogP) is 2.23. The van der Waals surface area contributed by atoms with E-state index in [9.17, 15) is 4.79 Å². The van der Waals surface area contributed by atoms with E-state index in [4.69, 9.17) is 5.11 Å². The largest absolute Gasteiger partial charge is 0.392 e. The first-order valence-corrected chi connectivity index (χ1v) is 6.62. The molecule has 0 radical (unpaired) electrons. The number of hydrogen-bond acceptors (Lipinski definition) is 5. The Labute approximate surface area is 116 Å². The van der Waals surface area contributed by atoms with Crippen LogP contribution in [-0.2, 0) is 13.0 Å². The Hall–Kier alpha value is -2.27. The molecule has 1 heterocycles. The molecule has 0 fully saturated rings. The molecule has 1 aromatic heterocycles. The van der Waals surface area contributed by atoms with Gasteiger partial charge < -0.3 is 10.4 Å². The van der Waals surface area contributed by atoms with E-state index in [-0.39, 0.29) is 12.4 Å². The summed E-state index contributed by atoms with van der Waals surface area (Å²) in [5.74, 6) is 0.605. The van der Waals surface area contributed by atoms with E-state index in [2.05, 4.69) is 15.3 Å². The molecule has 0 spiro atoms. The van der Waals surface area contributed by atoms with Crippen molar-refractivity contribution in [2.75, 3.05) is 5.32 Å². The highest BCUT2D eigenvalue weighted by Gasteiger charge is 2.19. The molecule has 0 amide bonds. The summed E-state index contributed by atoms with van der Waals surface area (Å²) in [6.07, 6.45) is 3.85. The van der Waals surface area contributed by atoms with E-state index in [0.717, 1.165) is 29.8 Å². The van der Waals surface area contributed by atoms with Gasteiger partial charge >= 0.3 is 0 Å². The number of aliphatic hydroxyl groups excluding tert-OH is 1. The molecule has 102 valence electrons. The zero-order valence-corrected chi connectivity index (χ0v) is 11.0. The van der Waals surface area contributed by atoms with Crippen LogP contribution in [0.3, 0.4) is 0 Å². The second kappa shape index (κ2) is 5.38. The average Bonchev–Trinajstić information content (AvgIpc) is 2.47. The first kappa shape index (κ1) is 12.7. The Kier molecular flexibility index (Phi) is 3.43. The van der Waals surface area contributed by atoms with Gasteiger partial charge in [-0.15, -0.1) is 0 Å². The fourth-order valence-corrected chi connectivity index (χ4v) is 2.33. The smallest absolute Gasteiger partial charge is 0.227 e. The van der Waals surface area contributed by atoms with Crippen LogP contribution in [0, 0.1) is 0 Å². The second-order valence-corrected chi connectivity index (χ2v) is 4.81. The van der Waals surface area contributed by atoms with Crippen LogP contribution in [0.2, 0.25) is 0 Å². The molecule has 0 saturated carbocycles. The van der Waals surface area contributed by atoms with Gasteiger partial charge in [-0.05, 0) is 30.5 Å². The highest BCUT2D eigenvalue weighted by molar-refractivity contribution is 5.97. The number of carbonyl (C=O) groups is 1. The lowest BCUT2D eigenvalue weighted by molar-refractivity contribution is 0.0971. The van der Waals surface area contributed by atoms with E-state index in [1.165, 1.54) is 0 Å². The number of aromatic nitrogens is 2. The number of aryl methyl sites for hydroxylation is 1. The van der Waals surface area contributed by atoms with Crippen molar-refractivity contribution in [1.29, 1.82) is 0 Å². The fraction of sp³-hybridized carbons (Fsp3) is 0.267. The van der Waals surface area contributed by atoms with Crippen molar-refractivity contribution in [3.05, 3.63) is 47.3 Å². The number of hydrogen-bond donors (Lipinski definition) is 2. The highest BCUT2D eigenvalue weighted by Crippen LogP contribution is 2.21. The zero-order valence-electron chi connectivity index (χ0n) is 11.0. The Morgan fingerprint density at radius 1 is 1.30 bits per heavy atom. The van der Waals surface area contributed by atoms with Gasteiger partial charge in [-0.3, -0.25) is 4.79 Å². The molecule has 1 aromatic carbocycles. The predicted molar refractivity (Wildman–Crippen MR) is 74.9 cm³/mol. The van der Waals surface area contributed by atoms with Crippen molar-refractivity contribution in [2.45, 2.75) is 25.9 Å². The van der Waals surface area contributed by atoms with Crippen LogP contribution >= 0.6 is 0 Å². The Bertz CT molecular complexity index is 655. The van der Waals surface area contributed by atoms with Crippen molar-refractivity contribution in [3.63, 3.8) is 0 Å². The van der Waals surface area contributed by atoms with Gasteiger partial charge in [-0.25, -0.2) is 9.97 Å². The number of nitrogens with one attached hydrogen (secondary N) is 1. The average molecular weight is 269 g/mol. The first-order valence-electron chi connectivity index (χ1n) is 6.62. The summed E-state index contributed by atoms with van der Waals surface area (Å²) in [5, 5.41) is 12.2. The number of rotatable bonds is 3. The lowest BCUT2D eigenvalue weighted by Crippen LogP contribution is -2.14. The molecule has 2 aromatic rings. The number of aliphatic hydroxyl groups is 1. The molecule has 0 atom stereocenters. The van der Waals surface area contributed by atoms with Gasteiger partial charge in [0.2, 0.25) is 5.95 Å². The van der Waals surface area contributed by atoms with Gasteiger partial charge in [0, 0.05) is 18.3 Å². The van der Waals surface area contributed by atoms with Crippen LogP contribution in [-0.4, -0.2) is 20.9 Å². The number of carbonyl (C=O) groups excluding carboxylic acids is 1.